The van der Waals surface area contributed by atoms with Gasteiger partial charge >= 0.3 is 6.03 Å². The van der Waals surface area contributed by atoms with Crippen LogP contribution in [0.3, 0.4) is 0 Å². The van der Waals surface area contributed by atoms with Crippen molar-refractivity contribution < 1.29 is 19.3 Å². The van der Waals surface area contributed by atoms with Gasteiger partial charge in [-0.05, 0) is 30.5 Å². The highest BCUT2D eigenvalue weighted by Gasteiger charge is 2.18. The van der Waals surface area contributed by atoms with Crippen molar-refractivity contribution in [3.63, 3.8) is 0 Å². The molecule has 138 valence electrons. The van der Waals surface area contributed by atoms with Crippen LogP contribution < -0.4 is 20.9 Å². The molecule has 0 saturated carbocycles. The van der Waals surface area contributed by atoms with Crippen molar-refractivity contribution in [2.45, 2.75) is 13.5 Å². The van der Waals surface area contributed by atoms with Gasteiger partial charge in [-0.1, -0.05) is 24.3 Å². The average Bonchev–Trinajstić information content (AvgIpc) is 3.13. The molecule has 0 radical (unpaired) electrons. The third-order valence-corrected chi connectivity index (χ3v) is 4.52. The Balaban J connectivity index is 1.72. The number of amides is 4. The molecule has 4 N–H and O–H groups in total. The SMILES string of the molecule is CC[NH+](CC(=O)NCc1cccs1)CC(=O)NC(=O)Nc1ccccc1. The molecule has 1 aromatic carbocycles. The number of carbonyl (C=O) groups is 3. The first-order chi connectivity index (χ1) is 12.6. The molecule has 0 aliphatic carbocycles. The smallest absolute Gasteiger partial charge is 0.326 e. The molecule has 8 heteroatoms. The zero-order chi connectivity index (χ0) is 18.8. The number of likely N-dealkylation sites (N-methyl/N-ethyl adjacent to an activating group) is 1. The van der Waals surface area contributed by atoms with Crippen molar-refractivity contribution in [3.05, 3.63) is 52.7 Å². The fraction of sp³-hybridized carbons (Fsp3) is 0.278. The van der Waals surface area contributed by atoms with Crippen LogP contribution in [-0.4, -0.2) is 37.5 Å². The zero-order valence-electron chi connectivity index (χ0n) is 14.6. The van der Waals surface area contributed by atoms with Crippen LogP contribution in [0.25, 0.3) is 0 Å². The Morgan fingerprint density at radius 2 is 1.73 bits per heavy atom. The Morgan fingerprint density at radius 1 is 1.00 bits per heavy atom. The van der Waals surface area contributed by atoms with Gasteiger partial charge in [0.25, 0.3) is 11.8 Å². The lowest BCUT2D eigenvalue weighted by molar-refractivity contribution is -0.881. The summed E-state index contributed by atoms with van der Waals surface area (Å²) in [4.78, 5) is 37.7. The second-order valence-corrected chi connectivity index (χ2v) is 6.71. The van der Waals surface area contributed by atoms with Gasteiger partial charge in [-0.2, -0.15) is 0 Å². The number of rotatable bonds is 8. The fourth-order valence-corrected chi connectivity index (χ4v) is 2.93. The first kappa shape index (κ1) is 19.6. The van der Waals surface area contributed by atoms with E-state index in [1.54, 1.807) is 35.6 Å². The minimum Gasteiger partial charge on any atom is -0.346 e. The summed E-state index contributed by atoms with van der Waals surface area (Å²) in [5.74, 6) is -0.557. The molecule has 0 bridgehead atoms. The summed E-state index contributed by atoms with van der Waals surface area (Å²) in [5, 5.41) is 9.65. The van der Waals surface area contributed by atoms with E-state index in [0.717, 1.165) is 9.78 Å². The Bertz CT molecular complexity index is 719. The molecule has 2 aromatic rings. The molecule has 4 amide bonds. The van der Waals surface area contributed by atoms with Crippen molar-refractivity contribution in [1.29, 1.82) is 0 Å². The maximum atomic E-state index is 12.0. The van der Waals surface area contributed by atoms with Gasteiger partial charge < -0.3 is 15.5 Å². The zero-order valence-corrected chi connectivity index (χ0v) is 15.4. The number of thiophene rings is 1. The van der Waals surface area contributed by atoms with Crippen LogP contribution in [-0.2, 0) is 16.1 Å². The molecular weight excluding hydrogens is 352 g/mol. The van der Waals surface area contributed by atoms with E-state index >= 15 is 0 Å². The van der Waals surface area contributed by atoms with Crippen LogP contribution in [0.1, 0.15) is 11.8 Å². The quantitative estimate of drug-likeness (QED) is 0.545. The summed E-state index contributed by atoms with van der Waals surface area (Å²) in [6.45, 7) is 3.19. The van der Waals surface area contributed by atoms with E-state index < -0.39 is 11.9 Å². The number of hydrogen-bond acceptors (Lipinski definition) is 4. The van der Waals surface area contributed by atoms with E-state index in [1.807, 2.05) is 30.5 Å². The number of nitrogens with one attached hydrogen (secondary N) is 4. The number of hydrogen-bond donors (Lipinski definition) is 4. The standard InChI is InChI=1S/C18H22N4O3S/c1-2-22(12-16(23)19-11-15-9-6-10-26-15)13-17(24)21-18(25)20-14-7-4-3-5-8-14/h3-10H,2,11-13H2,1H3,(H,19,23)(H2,20,21,24,25)/p+1. The van der Waals surface area contributed by atoms with Crippen molar-refractivity contribution in [2.24, 2.45) is 0 Å². The van der Waals surface area contributed by atoms with E-state index in [0.29, 0.717) is 18.8 Å². The van der Waals surface area contributed by atoms with Crippen molar-refractivity contribution in [3.8, 4) is 0 Å². The summed E-state index contributed by atoms with van der Waals surface area (Å²) in [5.41, 5.74) is 0.602. The molecular formula is C18H23N4O3S+. The second kappa shape index (κ2) is 10.3. The topological polar surface area (TPSA) is 91.7 Å². The summed E-state index contributed by atoms with van der Waals surface area (Å²) in [7, 11) is 0. The highest BCUT2D eigenvalue weighted by molar-refractivity contribution is 7.09. The van der Waals surface area contributed by atoms with Crippen molar-refractivity contribution >= 4 is 34.9 Å². The molecule has 1 unspecified atom stereocenters. The summed E-state index contributed by atoms with van der Waals surface area (Å²) < 4.78 is 0. The van der Waals surface area contributed by atoms with Gasteiger partial charge in [0.2, 0.25) is 0 Å². The number of anilines is 1. The van der Waals surface area contributed by atoms with Crippen LogP contribution >= 0.6 is 11.3 Å². The number of imide groups is 1. The van der Waals surface area contributed by atoms with E-state index in [9.17, 15) is 14.4 Å². The molecule has 0 spiro atoms. The number of benzene rings is 1. The molecule has 0 fully saturated rings. The lowest BCUT2D eigenvalue weighted by Crippen LogP contribution is -3.14. The number of quaternary nitrogens is 1. The van der Waals surface area contributed by atoms with E-state index in [4.69, 9.17) is 0 Å². The third kappa shape index (κ3) is 7.04. The minimum atomic E-state index is -0.584. The third-order valence-electron chi connectivity index (χ3n) is 3.65. The van der Waals surface area contributed by atoms with Crippen LogP contribution in [0.2, 0.25) is 0 Å². The minimum absolute atomic E-state index is 0.0468. The van der Waals surface area contributed by atoms with Gasteiger partial charge in [-0.3, -0.25) is 14.9 Å². The lowest BCUT2D eigenvalue weighted by atomic mass is 10.3. The molecule has 7 nitrogen and oxygen atoms in total. The molecule has 0 aliphatic rings. The van der Waals surface area contributed by atoms with Crippen LogP contribution in [0.15, 0.2) is 47.8 Å². The first-order valence-electron chi connectivity index (χ1n) is 8.35. The first-order valence-corrected chi connectivity index (χ1v) is 9.23. The number of para-hydroxylation sites is 1. The highest BCUT2D eigenvalue weighted by atomic mass is 32.1. The maximum absolute atomic E-state index is 12.0. The van der Waals surface area contributed by atoms with Gasteiger partial charge in [0, 0.05) is 10.6 Å². The molecule has 0 saturated heterocycles. The van der Waals surface area contributed by atoms with Gasteiger partial charge in [0.1, 0.15) is 0 Å². The van der Waals surface area contributed by atoms with E-state index in [2.05, 4.69) is 16.0 Å². The van der Waals surface area contributed by atoms with Crippen LogP contribution in [0.4, 0.5) is 10.5 Å². The largest absolute Gasteiger partial charge is 0.346 e. The summed E-state index contributed by atoms with van der Waals surface area (Å²) in [6.07, 6.45) is 0. The van der Waals surface area contributed by atoms with Crippen LogP contribution in [0, 0.1) is 0 Å². The monoisotopic (exact) mass is 375 g/mol. The molecule has 1 aromatic heterocycles. The number of urea groups is 1. The molecule has 26 heavy (non-hydrogen) atoms. The van der Waals surface area contributed by atoms with Gasteiger partial charge in [0.15, 0.2) is 13.1 Å². The van der Waals surface area contributed by atoms with E-state index in [1.165, 1.54) is 0 Å². The second-order valence-electron chi connectivity index (χ2n) is 5.68. The Labute approximate surface area is 156 Å². The highest BCUT2D eigenvalue weighted by Crippen LogP contribution is 2.07. The van der Waals surface area contributed by atoms with Gasteiger partial charge in [-0.15, -0.1) is 11.3 Å². The van der Waals surface area contributed by atoms with Gasteiger partial charge in [0.05, 0.1) is 13.1 Å². The predicted molar refractivity (Wildman–Crippen MR) is 101 cm³/mol. The summed E-state index contributed by atoms with van der Waals surface area (Å²) in [6, 6.07) is 12.2. The predicted octanol–water partition coefficient (Wildman–Crippen LogP) is 0.617. The summed E-state index contributed by atoms with van der Waals surface area (Å²) >= 11 is 1.58. The molecule has 1 atom stereocenters. The Morgan fingerprint density at radius 3 is 2.38 bits per heavy atom. The molecule has 0 aliphatic heterocycles. The van der Waals surface area contributed by atoms with Crippen molar-refractivity contribution in [2.75, 3.05) is 25.0 Å². The van der Waals surface area contributed by atoms with E-state index in [-0.39, 0.29) is 19.0 Å². The Hall–Kier alpha value is -2.71. The normalized spacial score (nSPS) is 11.4. The fourth-order valence-electron chi connectivity index (χ4n) is 2.28. The maximum Gasteiger partial charge on any atom is 0.326 e. The molecule has 1 heterocycles. The average molecular weight is 375 g/mol. The molecule has 2 rings (SSSR count). The van der Waals surface area contributed by atoms with Gasteiger partial charge in [-0.25, -0.2) is 4.79 Å². The Kier molecular flexibility index (Phi) is 7.78. The lowest BCUT2D eigenvalue weighted by Gasteiger charge is -2.16. The number of carbonyl (C=O) groups excluding carboxylic acids is 3. The van der Waals surface area contributed by atoms with Crippen molar-refractivity contribution in [1.82, 2.24) is 10.6 Å². The van der Waals surface area contributed by atoms with Crippen LogP contribution in [0.5, 0.6) is 0 Å².